The van der Waals surface area contributed by atoms with E-state index in [0.29, 0.717) is 0 Å². The van der Waals surface area contributed by atoms with Crippen LogP contribution in [0.3, 0.4) is 0 Å². The Morgan fingerprint density at radius 3 is 2.58 bits per heavy atom. The third-order valence-electron chi connectivity index (χ3n) is 5.62. The van der Waals surface area contributed by atoms with Crippen LogP contribution in [0, 0.1) is 13.8 Å². The smallest absolute Gasteiger partial charge is 0.160 e. The Kier molecular flexibility index (Phi) is 6.02. The molecule has 3 heterocycles. The van der Waals surface area contributed by atoms with Crippen molar-refractivity contribution in [1.82, 2.24) is 19.5 Å². The van der Waals surface area contributed by atoms with Crippen molar-refractivity contribution in [3.8, 4) is 11.5 Å². The molecule has 0 unspecified atom stereocenters. The van der Waals surface area contributed by atoms with Crippen LogP contribution < -0.4 is 14.8 Å². The van der Waals surface area contributed by atoms with Gasteiger partial charge in [-0.05, 0) is 55.2 Å². The van der Waals surface area contributed by atoms with E-state index in [-0.39, 0.29) is 0 Å². The third kappa shape index (κ3) is 4.17. The van der Waals surface area contributed by atoms with Gasteiger partial charge in [-0.3, -0.25) is 4.98 Å². The standard InChI is InChI=1S/C24H27N5O2/c1-16-17(2)29(14-19-6-5-10-25-13-19)24-22(16)23(27-15-28-24)26-11-9-18-7-8-20(30-3)21(12-18)31-4/h5-8,10,12-13,15H,9,11,14H2,1-4H3,(H,26,27,28). The summed E-state index contributed by atoms with van der Waals surface area (Å²) in [5, 5.41) is 4.56. The highest BCUT2D eigenvalue weighted by atomic mass is 16.5. The number of fused-ring (bicyclic) bond motifs is 1. The Bertz CT molecular complexity index is 1190. The van der Waals surface area contributed by atoms with Crippen molar-refractivity contribution in [2.45, 2.75) is 26.8 Å². The summed E-state index contributed by atoms with van der Waals surface area (Å²) >= 11 is 0. The summed E-state index contributed by atoms with van der Waals surface area (Å²) in [5.74, 6) is 2.33. The van der Waals surface area contributed by atoms with Gasteiger partial charge in [0, 0.05) is 24.6 Å². The van der Waals surface area contributed by atoms with Crippen LogP contribution in [0.2, 0.25) is 0 Å². The number of pyridine rings is 1. The van der Waals surface area contributed by atoms with Crippen LogP contribution in [0.4, 0.5) is 5.82 Å². The van der Waals surface area contributed by atoms with E-state index < -0.39 is 0 Å². The molecule has 0 radical (unpaired) electrons. The summed E-state index contributed by atoms with van der Waals surface area (Å²) in [6.45, 7) is 5.72. The first-order chi connectivity index (χ1) is 15.1. The maximum Gasteiger partial charge on any atom is 0.160 e. The van der Waals surface area contributed by atoms with Crippen LogP contribution in [-0.2, 0) is 13.0 Å². The van der Waals surface area contributed by atoms with Gasteiger partial charge in [-0.2, -0.15) is 0 Å². The first kappa shape index (κ1) is 20.7. The number of benzene rings is 1. The molecule has 1 aromatic carbocycles. The summed E-state index contributed by atoms with van der Waals surface area (Å²) in [6, 6.07) is 10.0. The van der Waals surface area contributed by atoms with Crippen LogP contribution >= 0.6 is 0 Å². The molecule has 0 saturated heterocycles. The predicted molar refractivity (Wildman–Crippen MR) is 122 cm³/mol. The third-order valence-corrected chi connectivity index (χ3v) is 5.62. The molecule has 31 heavy (non-hydrogen) atoms. The second kappa shape index (κ2) is 9.04. The molecule has 0 atom stereocenters. The van der Waals surface area contributed by atoms with Crippen LogP contribution in [0.1, 0.15) is 22.4 Å². The Hall–Kier alpha value is -3.61. The lowest BCUT2D eigenvalue weighted by atomic mass is 10.1. The first-order valence-electron chi connectivity index (χ1n) is 10.3. The molecule has 3 aromatic heterocycles. The van der Waals surface area contributed by atoms with E-state index in [1.54, 1.807) is 26.7 Å². The largest absolute Gasteiger partial charge is 0.493 e. The zero-order valence-electron chi connectivity index (χ0n) is 18.3. The predicted octanol–water partition coefficient (Wildman–Crippen LogP) is 4.16. The normalized spacial score (nSPS) is 11.0. The number of rotatable bonds is 8. The molecule has 1 N–H and O–H groups in total. The minimum absolute atomic E-state index is 0.728. The molecule has 0 spiro atoms. The van der Waals surface area contributed by atoms with Crippen molar-refractivity contribution in [1.29, 1.82) is 0 Å². The fraction of sp³-hybridized carbons (Fsp3) is 0.292. The number of anilines is 1. The summed E-state index contributed by atoms with van der Waals surface area (Å²) in [4.78, 5) is 13.3. The zero-order chi connectivity index (χ0) is 21.8. The Labute approximate surface area is 182 Å². The van der Waals surface area contributed by atoms with Crippen LogP contribution in [0.5, 0.6) is 11.5 Å². The SMILES string of the molecule is COc1ccc(CCNc2ncnc3c2c(C)c(C)n3Cc2cccnc2)cc1OC. The Morgan fingerprint density at radius 1 is 1.00 bits per heavy atom. The van der Waals surface area contributed by atoms with E-state index in [0.717, 1.165) is 59.0 Å². The maximum absolute atomic E-state index is 5.41. The van der Waals surface area contributed by atoms with Gasteiger partial charge < -0.3 is 19.4 Å². The van der Waals surface area contributed by atoms with E-state index in [1.165, 1.54) is 11.3 Å². The van der Waals surface area contributed by atoms with Crippen molar-refractivity contribution in [3.05, 3.63) is 71.4 Å². The van der Waals surface area contributed by atoms with Crippen molar-refractivity contribution >= 4 is 16.9 Å². The molecular formula is C24H27N5O2. The quantitative estimate of drug-likeness (QED) is 0.464. The number of nitrogens with zero attached hydrogens (tertiary/aromatic N) is 4. The molecule has 0 fully saturated rings. The van der Waals surface area contributed by atoms with Gasteiger partial charge in [0.2, 0.25) is 0 Å². The molecule has 7 heteroatoms. The molecular weight excluding hydrogens is 390 g/mol. The fourth-order valence-electron chi connectivity index (χ4n) is 3.83. The van der Waals surface area contributed by atoms with Gasteiger partial charge in [-0.1, -0.05) is 12.1 Å². The summed E-state index contributed by atoms with van der Waals surface area (Å²) in [7, 11) is 3.29. The summed E-state index contributed by atoms with van der Waals surface area (Å²) < 4.78 is 13.0. The molecule has 0 saturated carbocycles. The molecule has 160 valence electrons. The van der Waals surface area contributed by atoms with Gasteiger partial charge in [-0.15, -0.1) is 0 Å². The summed E-state index contributed by atoms with van der Waals surface area (Å²) in [6.07, 6.45) is 6.14. The van der Waals surface area contributed by atoms with Gasteiger partial charge in [-0.25, -0.2) is 9.97 Å². The van der Waals surface area contributed by atoms with Crippen LogP contribution in [0.25, 0.3) is 11.0 Å². The van der Waals surface area contributed by atoms with E-state index in [2.05, 4.69) is 50.8 Å². The van der Waals surface area contributed by atoms with Crippen molar-refractivity contribution in [3.63, 3.8) is 0 Å². The highest BCUT2D eigenvalue weighted by Crippen LogP contribution is 2.30. The number of methoxy groups -OCH3 is 2. The molecule has 0 bridgehead atoms. The lowest BCUT2D eigenvalue weighted by Gasteiger charge is -2.11. The molecule has 0 aliphatic carbocycles. The molecule has 7 nitrogen and oxygen atoms in total. The van der Waals surface area contributed by atoms with E-state index in [1.807, 2.05) is 24.4 Å². The van der Waals surface area contributed by atoms with Crippen molar-refractivity contribution < 1.29 is 9.47 Å². The summed E-state index contributed by atoms with van der Waals surface area (Å²) in [5.41, 5.74) is 5.61. The van der Waals surface area contributed by atoms with E-state index in [9.17, 15) is 0 Å². The molecule has 0 amide bonds. The minimum Gasteiger partial charge on any atom is -0.493 e. The second-order valence-electron chi connectivity index (χ2n) is 7.44. The van der Waals surface area contributed by atoms with Crippen LogP contribution in [0.15, 0.2) is 49.1 Å². The second-order valence-corrected chi connectivity index (χ2v) is 7.44. The number of hydrogen-bond donors (Lipinski definition) is 1. The minimum atomic E-state index is 0.728. The first-order valence-corrected chi connectivity index (χ1v) is 10.3. The fourth-order valence-corrected chi connectivity index (χ4v) is 3.83. The highest BCUT2D eigenvalue weighted by Gasteiger charge is 2.16. The van der Waals surface area contributed by atoms with Gasteiger partial charge in [0.1, 0.15) is 17.8 Å². The number of hydrogen-bond acceptors (Lipinski definition) is 6. The van der Waals surface area contributed by atoms with E-state index in [4.69, 9.17) is 9.47 Å². The molecule has 4 aromatic rings. The number of nitrogens with one attached hydrogen (secondary N) is 1. The Balaban J connectivity index is 1.55. The topological polar surface area (TPSA) is 74.1 Å². The molecule has 0 aliphatic rings. The number of ether oxygens (including phenoxy) is 2. The molecule has 0 aliphatic heterocycles. The highest BCUT2D eigenvalue weighted by molar-refractivity contribution is 5.91. The lowest BCUT2D eigenvalue weighted by molar-refractivity contribution is 0.354. The monoisotopic (exact) mass is 417 g/mol. The van der Waals surface area contributed by atoms with Gasteiger partial charge in [0.05, 0.1) is 26.2 Å². The van der Waals surface area contributed by atoms with Gasteiger partial charge in [0.15, 0.2) is 11.5 Å². The van der Waals surface area contributed by atoms with Crippen molar-refractivity contribution in [2.24, 2.45) is 0 Å². The van der Waals surface area contributed by atoms with Crippen molar-refractivity contribution in [2.75, 3.05) is 26.1 Å². The van der Waals surface area contributed by atoms with Gasteiger partial charge in [0.25, 0.3) is 0 Å². The van der Waals surface area contributed by atoms with Crippen LogP contribution in [-0.4, -0.2) is 40.3 Å². The average molecular weight is 418 g/mol. The lowest BCUT2D eigenvalue weighted by Crippen LogP contribution is -2.08. The maximum atomic E-state index is 5.41. The zero-order valence-corrected chi connectivity index (χ0v) is 18.3. The van der Waals surface area contributed by atoms with Gasteiger partial charge >= 0.3 is 0 Å². The average Bonchev–Trinajstić information content (AvgIpc) is 3.05. The number of aryl methyl sites for hydroxylation is 1. The number of aromatic nitrogens is 4. The Morgan fingerprint density at radius 2 is 1.84 bits per heavy atom. The van der Waals surface area contributed by atoms with E-state index >= 15 is 0 Å². The molecule has 4 rings (SSSR count).